The van der Waals surface area contributed by atoms with Crippen LogP contribution in [0.3, 0.4) is 0 Å². The second-order valence-corrected chi connectivity index (χ2v) is 5.47. The van der Waals surface area contributed by atoms with Crippen LogP contribution in [-0.2, 0) is 16.0 Å². The number of rotatable bonds is 6. The molecule has 19 heavy (non-hydrogen) atoms. The van der Waals surface area contributed by atoms with Gasteiger partial charge in [-0.1, -0.05) is 13.8 Å². The van der Waals surface area contributed by atoms with Crippen molar-refractivity contribution in [2.75, 3.05) is 26.4 Å². The summed E-state index contributed by atoms with van der Waals surface area (Å²) in [5, 5.41) is 7.94. The number of ether oxygens (including phenoxy) is 2. The Morgan fingerprint density at radius 3 is 3.00 bits per heavy atom. The Kier molecular flexibility index (Phi) is 5.81. The predicted molar refractivity (Wildman–Crippen MR) is 77.2 cm³/mol. The van der Waals surface area contributed by atoms with Gasteiger partial charge >= 0.3 is 0 Å². The third-order valence-electron chi connectivity index (χ3n) is 3.20. The third-order valence-corrected chi connectivity index (χ3v) is 3.81. The number of likely N-dealkylation sites (N-methyl/N-ethyl adjacent to an activating group) is 1. The van der Waals surface area contributed by atoms with Crippen LogP contribution in [0.1, 0.15) is 32.0 Å². The van der Waals surface area contributed by atoms with E-state index in [4.69, 9.17) is 9.47 Å². The quantitative estimate of drug-likeness (QED) is 0.867. The Morgan fingerprint density at radius 1 is 1.53 bits per heavy atom. The third kappa shape index (κ3) is 3.56. The molecule has 108 valence electrons. The molecule has 0 saturated carbocycles. The van der Waals surface area contributed by atoms with Crippen molar-refractivity contribution >= 4 is 15.9 Å². The van der Waals surface area contributed by atoms with Gasteiger partial charge in [-0.05, 0) is 28.9 Å². The van der Waals surface area contributed by atoms with E-state index in [-0.39, 0.29) is 12.1 Å². The molecule has 2 heterocycles. The van der Waals surface area contributed by atoms with Crippen LogP contribution in [0, 0.1) is 0 Å². The van der Waals surface area contributed by atoms with Gasteiger partial charge in [0.15, 0.2) is 0 Å². The number of hydrogen-bond acceptors (Lipinski definition) is 4. The van der Waals surface area contributed by atoms with Gasteiger partial charge in [0.25, 0.3) is 0 Å². The zero-order valence-corrected chi connectivity index (χ0v) is 13.1. The molecule has 1 N–H and O–H groups in total. The molecule has 1 saturated heterocycles. The summed E-state index contributed by atoms with van der Waals surface area (Å²) in [5.74, 6) is 0. The Bertz CT molecular complexity index is 391. The molecule has 0 bridgehead atoms. The van der Waals surface area contributed by atoms with Crippen molar-refractivity contribution < 1.29 is 9.47 Å². The predicted octanol–water partition coefficient (Wildman–Crippen LogP) is 2.12. The summed E-state index contributed by atoms with van der Waals surface area (Å²) in [7, 11) is 0. The first-order valence-corrected chi connectivity index (χ1v) is 7.71. The summed E-state index contributed by atoms with van der Waals surface area (Å²) in [4.78, 5) is 0. The molecule has 1 aromatic rings. The smallest absolute Gasteiger partial charge is 0.102 e. The fourth-order valence-corrected chi connectivity index (χ4v) is 2.94. The molecule has 1 aliphatic heterocycles. The van der Waals surface area contributed by atoms with Crippen LogP contribution in [0.15, 0.2) is 10.7 Å². The van der Waals surface area contributed by atoms with E-state index in [2.05, 4.69) is 44.9 Å². The number of aromatic nitrogens is 2. The van der Waals surface area contributed by atoms with Crippen molar-refractivity contribution in [3.05, 3.63) is 16.4 Å². The Labute approximate surface area is 122 Å². The van der Waals surface area contributed by atoms with Crippen molar-refractivity contribution in [1.29, 1.82) is 0 Å². The second kappa shape index (κ2) is 7.38. The highest BCUT2D eigenvalue weighted by Gasteiger charge is 2.30. The highest BCUT2D eigenvalue weighted by atomic mass is 79.9. The molecule has 2 rings (SSSR count). The average Bonchev–Trinajstić information content (AvgIpc) is 2.79. The number of halogens is 1. The number of nitrogens with one attached hydrogen (secondary N) is 1. The van der Waals surface area contributed by atoms with Gasteiger partial charge in [-0.25, -0.2) is 0 Å². The summed E-state index contributed by atoms with van der Waals surface area (Å²) in [5.41, 5.74) is 1.15. The summed E-state index contributed by atoms with van der Waals surface area (Å²) in [6.07, 6.45) is 2.96. The van der Waals surface area contributed by atoms with E-state index in [1.807, 2.05) is 6.20 Å². The van der Waals surface area contributed by atoms with E-state index in [0.29, 0.717) is 19.8 Å². The standard InChI is InChI=1S/C13H22BrN3O2/c1-3-5-17-13(10(14)8-16-17)12(15-4-2)11-9-18-6-7-19-11/h8,11-12,15H,3-7,9H2,1-2H3. The Morgan fingerprint density at radius 2 is 2.37 bits per heavy atom. The fourth-order valence-electron chi connectivity index (χ4n) is 2.39. The maximum Gasteiger partial charge on any atom is 0.102 e. The fraction of sp³-hybridized carbons (Fsp3) is 0.769. The molecule has 6 heteroatoms. The van der Waals surface area contributed by atoms with E-state index in [1.165, 1.54) is 0 Å². The van der Waals surface area contributed by atoms with Crippen molar-refractivity contribution in [3.8, 4) is 0 Å². The highest BCUT2D eigenvalue weighted by Crippen LogP contribution is 2.28. The summed E-state index contributed by atoms with van der Waals surface area (Å²) in [6.45, 7) is 8.02. The van der Waals surface area contributed by atoms with Gasteiger partial charge in [0, 0.05) is 6.54 Å². The Balaban J connectivity index is 2.24. The van der Waals surface area contributed by atoms with Crippen molar-refractivity contribution in [3.63, 3.8) is 0 Å². The average molecular weight is 332 g/mol. The molecule has 1 aliphatic rings. The van der Waals surface area contributed by atoms with Crippen LogP contribution in [0.5, 0.6) is 0 Å². The van der Waals surface area contributed by atoms with Crippen LogP contribution in [0.4, 0.5) is 0 Å². The summed E-state index contributed by atoms with van der Waals surface area (Å²) < 4.78 is 14.5. The molecule has 0 aliphatic carbocycles. The van der Waals surface area contributed by atoms with E-state index in [9.17, 15) is 0 Å². The van der Waals surface area contributed by atoms with Crippen LogP contribution in [-0.4, -0.2) is 42.2 Å². The minimum absolute atomic E-state index is 0.0392. The van der Waals surface area contributed by atoms with Crippen LogP contribution < -0.4 is 5.32 Å². The maximum atomic E-state index is 5.86. The molecule has 1 fully saturated rings. The first-order valence-electron chi connectivity index (χ1n) is 6.91. The molecule has 2 unspecified atom stereocenters. The van der Waals surface area contributed by atoms with Gasteiger partial charge < -0.3 is 14.8 Å². The maximum absolute atomic E-state index is 5.86. The lowest BCUT2D eigenvalue weighted by Crippen LogP contribution is -2.41. The van der Waals surface area contributed by atoms with Gasteiger partial charge in [0.05, 0.1) is 42.2 Å². The molecule has 2 atom stereocenters. The first-order chi connectivity index (χ1) is 9.27. The second-order valence-electron chi connectivity index (χ2n) is 4.62. The number of hydrogen-bond donors (Lipinski definition) is 1. The molecule has 0 amide bonds. The zero-order valence-electron chi connectivity index (χ0n) is 11.6. The SMILES string of the molecule is CCCn1ncc(Br)c1C(NCC)C1COCCO1. The van der Waals surface area contributed by atoms with E-state index in [1.54, 1.807) is 0 Å². The van der Waals surface area contributed by atoms with Gasteiger partial charge in [-0.15, -0.1) is 0 Å². The normalized spacial score (nSPS) is 21.5. The molecular weight excluding hydrogens is 310 g/mol. The van der Waals surface area contributed by atoms with Gasteiger partial charge in [0.2, 0.25) is 0 Å². The van der Waals surface area contributed by atoms with Crippen molar-refractivity contribution in [2.45, 2.75) is 39.0 Å². The largest absolute Gasteiger partial charge is 0.376 e. The van der Waals surface area contributed by atoms with Gasteiger partial charge in [-0.3, -0.25) is 4.68 Å². The van der Waals surface area contributed by atoms with E-state index >= 15 is 0 Å². The van der Waals surface area contributed by atoms with Crippen LogP contribution in [0.2, 0.25) is 0 Å². The molecule has 5 nitrogen and oxygen atoms in total. The van der Waals surface area contributed by atoms with Gasteiger partial charge in [0.1, 0.15) is 6.10 Å². The zero-order chi connectivity index (χ0) is 13.7. The number of nitrogens with zero attached hydrogens (tertiary/aromatic N) is 2. The molecule has 1 aromatic heterocycles. The van der Waals surface area contributed by atoms with E-state index < -0.39 is 0 Å². The minimum atomic E-state index is 0.0392. The lowest BCUT2D eigenvalue weighted by atomic mass is 10.1. The first kappa shape index (κ1) is 15.0. The van der Waals surface area contributed by atoms with Crippen molar-refractivity contribution in [2.24, 2.45) is 0 Å². The minimum Gasteiger partial charge on any atom is -0.376 e. The van der Waals surface area contributed by atoms with Gasteiger partial charge in [-0.2, -0.15) is 5.10 Å². The Hall–Kier alpha value is -0.430. The highest BCUT2D eigenvalue weighted by molar-refractivity contribution is 9.10. The van der Waals surface area contributed by atoms with E-state index in [0.717, 1.165) is 29.7 Å². The lowest BCUT2D eigenvalue weighted by molar-refractivity contribution is -0.103. The molecule has 0 aromatic carbocycles. The van der Waals surface area contributed by atoms with Crippen LogP contribution >= 0.6 is 15.9 Å². The topological polar surface area (TPSA) is 48.3 Å². The lowest BCUT2D eigenvalue weighted by Gasteiger charge is -2.31. The van der Waals surface area contributed by atoms with Crippen molar-refractivity contribution in [1.82, 2.24) is 15.1 Å². The molecule has 0 spiro atoms. The monoisotopic (exact) mass is 331 g/mol. The number of aryl methyl sites for hydroxylation is 1. The summed E-state index contributed by atoms with van der Waals surface area (Å²) in [6, 6.07) is 0.105. The summed E-state index contributed by atoms with van der Waals surface area (Å²) >= 11 is 3.60. The molecular formula is C13H22BrN3O2. The van der Waals surface area contributed by atoms with Crippen LogP contribution in [0.25, 0.3) is 0 Å². The molecule has 0 radical (unpaired) electrons.